The van der Waals surface area contributed by atoms with Crippen molar-refractivity contribution >= 4 is 29.4 Å². The molecule has 0 atom stereocenters. The molecule has 8 heteroatoms. The fraction of sp³-hybridized carbons (Fsp3) is 0. The van der Waals surface area contributed by atoms with Crippen molar-refractivity contribution in [3.63, 3.8) is 0 Å². The Bertz CT molecular complexity index is 432. The van der Waals surface area contributed by atoms with Crippen molar-refractivity contribution in [1.82, 2.24) is 5.34 Å². The van der Waals surface area contributed by atoms with Crippen molar-refractivity contribution in [1.29, 1.82) is 0 Å². The second-order valence-electron chi connectivity index (χ2n) is 2.65. The summed E-state index contributed by atoms with van der Waals surface area (Å²) in [6, 6.07) is 7.26. The lowest BCUT2D eigenvalue weighted by Crippen LogP contribution is -2.34. The summed E-state index contributed by atoms with van der Waals surface area (Å²) < 4.78 is 26.3. The van der Waals surface area contributed by atoms with E-state index in [4.69, 9.17) is 13.9 Å². The lowest BCUT2D eigenvalue weighted by atomic mass is 10.3. The van der Waals surface area contributed by atoms with Crippen molar-refractivity contribution in [3.8, 4) is 0 Å². The average molecular weight is 279 g/mol. The number of fused-ring (bicyclic) bond motifs is 1. The minimum Gasteiger partial charge on any atom is -0.222 e. The number of benzene rings is 1. The maximum absolute atomic E-state index is 11.2. The summed E-state index contributed by atoms with van der Waals surface area (Å²) in [4.78, 5) is 0. The number of nitrogens with zero attached hydrogens (tertiary/aromatic N) is 2. The molecule has 0 unspecified atom stereocenters. The first kappa shape index (κ1) is 8.84. The molecule has 4 rings (SSSR count). The fourth-order valence-corrected chi connectivity index (χ4v) is 2.46. The normalized spacial score (nSPS) is 34.4. The third-order valence-corrected chi connectivity index (χ3v) is 3.43. The zero-order valence-electron chi connectivity index (χ0n) is 6.66. The summed E-state index contributed by atoms with van der Waals surface area (Å²) in [5.41, 5.74) is 0.655. The van der Waals surface area contributed by atoms with Gasteiger partial charge in [-0.3, -0.25) is 0 Å². The van der Waals surface area contributed by atoms with E-state index in [-0.39, 0.29) is 0 Å². The van der Waals surface area contributed by atoms with Crippen molar-refractivity contribution in [2.75, 3.05) is 5.17 Å². The number of rotatable bonds is 1. The van der Waals surface area contributed by atoms with Crippen LogP contribution in [0, 0.1) is 0 Å². The molecule has 14 heavy (non-hydrogen) atoms. The first-order valence-corrected chi connectivity index (χ1v) is 5.97. The van der Waals surface area contributed by atoms with Crippen molar-refractivity contribution < 1.29 is 18.4 Å². The number of halogens is 1. The Balaban J connectivity index is 1.98. The van der Waals surface area contributed by atoms with Gasteiger partial charge in [0, 0.05) is 4.47 Å². The first-order chi connectivity index (χ1) is 6.68. The number of hydrogen-bond acceptors (Lipinski definition) is 6. The van der Waals surface area contributed by atoms with Gasteiger partial charge in [-0.25, -0.2) is 4.57 Å². The summed E-state index contributed by atoms with van der Waals surface area (Å²) in [6.45, 7) is 0. The number of anilines is 1. The maximum Gasteiger partial charge on any atom is 0.538 e. The molecule has 0 radical (unpaired) electrons. The van der Waals surface area contributed by atoms with Crippen LogP contribution in [0.5, 0.6) is 0 Å². The smallest absolute Gasteiger partial charge is 0.222 e. The number of para-hydroxylation sites is 1. The van der Waals surface area contributed by atoms with E-state index in [1.807, 2.05) is 18.2 Å². The van der Waals surface area contributed by atoms with Gasteiger partial charge in [0.2, 0.25) is 0 Å². The Kier molecular flexibility index (Phi) is 1.76. The predicted octanol–water partition coefficient (Wildman–Crippen LogP) is 2.40. The van der Waals surface area contributed by atoms with E-state index in [1.54, 1.807) is 6.07 Å². The van der Waals surface area contributed by atoms with Gasteiger partial charge in [-0.1, -0.05) is 12.1 Å². The van der Waals surface area contributed by atoms with E-state index in [9.17, 15) is 4.57 Å². The second kappa shape index (κ2) is 2.79. The molecular weight excluding hydrogens is 275 g/mol. The molecule has 3 fully saturated rings. The van der Waals surface area contributed by atoms with Crippen LogP contribution in [-0.4, -0.2) is 5.34 Å². The average Bonchev–Trinajstić information content (AvgIpc) is 2.58. The number of hydrazine groups is 1. The van der Waals surface area contributed by atoms with Crippen LogP contribution in [-0.2, 0) is 18.4 Å². The molecule has 74 valence electrons. The molecule has 6 nitrogen and oxygen atoms in total. The lowest BCUT2D eigenvalue weighted by Gasteiger charge is -2.21. The Morgan fingerprint density at radius 3 is 2.50 bits per heavy atom. The summed E-state index contributed by atoms with van der Waals surface area (Å²) in [5.74, 6) is 0. The zero-order valence-corrected chi connectivity index (χ0v) is 9.14. The van der Waals surface area contributed by atoms with Crippen molar-refractivity contribution in [2.24, 2.45) is 0 Å². The van der Waals surface area contributed by atoms with Crippen LogP contribution in [0.2, 0.25) is 0 Å². The third-order valence-electron chi connectivity index (χ3n) is 1.72. The molecule has 1 aromatic carbocycles. The minimum absolute atomic E-state index is 0.655. The van der Waals surface area contributed by atoms with E-state index >= 15 is 0 Å². The van der Waals surface area contributed by atoms with Crippen LogP contribution in [0.25, 0.3) is 0 Å². The third kappa shape index (κ3) is 1.15. The van der Waals surface area contributed by atoms with Gasteiger partial charge in [0.15, 0.2) is 0 Å². The van der Waals surface area contributed by atoms with Crippen molar-refractivity contribution in [3.05, 3.63) is 28.7 Å². The van der Waals surface area contributed by atoms with Crippen LogP contribution < -0.4 is 5.17 Å². The number of hydrogen-bond donors (Lipinski definition) is 0. The highest BCUT2D eigenvalue weighted by Crippen LogP contribution is 2.67. The summed E-state index contributed by atoms with van der Waals surface area (Å²) >= 11 is 3.32. The molecule has 3 heterocycles. The molecule has 0 amide bonds. The SMILES string of the molecule is O=P12ON(O1)N(c1ccccc1Br)O2. The van der Waals surface area contributed by atoms with E-state index in [0.717, 1.165) is 9.81 Å². The van der Waals surface area contributed by atoms with E-state index in [2.05, 4.69) is 15.9 Å². The van der Waals surface area contributed by atoms with Crippen LogP contribution in [0.15, 0.2) is 28.7 Å². The van der Waals surface area contributed by atoms with Gasteiger partial charge in [0.05, 0.1) is 5.34 Å². The minimum atomic E-state index is -3.31. The summed E-state index contributed by atoms with van der Waals surface area (Å²) in [5, 5.41) is 2.12. The van der Waals surface area contributed by atoms with Crippen LogP contribution in [0.1, 0.15) is 0 Å². The highest BCUT2D eigenvalue weighted by Gasteiger charge is 2.60. The highest BCUT2D eigenvalue weighted by molar-refractivity contribution is 9.10. The number of phosphoric acid groups is 1. The maximum atomic E-state index is 11.2. The van der Waals surface area contributed by atoms with Gasteiger partial charge in [0.1, 0.15) is 5.69 Å². The molecule has 3 aliphatic rings. The Morgan fingerprint density at radius 2 is 1.93 bits per heavy atom. The fourth-order valence-electron chi connectivity index (χ4n) is 1.14. The van der Waals surface area contributed by atoms with E-state index in [1.165, 1.54) is 5.17 Å². The van der Waals surface area contributed by atoms with Gasteiger partial charge in [-0.15, -0.1) is 19.0 Å². The zero-order chi connectivity index (χ0) is 9.76. The molecule has 0 saturated carbocycles. The van der Waals surface area contributed by atoms with E-state index < -0.39 is 7.82 Å². The van der Waals surface area contributed by atoms with Crippen molar-refractivity contribution in [2.45, 2.75) is 0 Å². The quantitative estimate of drug-likeness (QED) is 0.736. The molecule has 0 N–H and O–H groups in total. The van der Waals surface area contributed by atoms with Gasteiger partial charge in [-0.05, 0) is 28.1 Å². The molecule has 0 aliphatic carbocycles. The topological polar surface area (TPSA) is 51.2 Å². The van der Waals surface area contributed by atoms with Gasteiger partial charge < -0.3 is 0 Å². The molecule has 0 spiro atoms. The second-order valence-corrected chi connectivity index (χ2v) is 4.89. The van der Waals surface area contributed by atoms with Crippen LogP contribution in [0.4, 0.5) is 5.69 Å². The van der Waals surface area contributed by atoms with Gasteiger partial charge in [0.25, 0.3) is 0 Å². The molecular formula is C6H4BrN2O4P. The summed E-state index contributed by atoms with van der Waals surface area (Å²) in [6.07, 6.45) is 0. The Hall–Kier alpha value is -0.430. The molecule has 0 aromatic heterocycles. The first-order valence-electron chi connectivity index (χ1n) is 3.72. The van der Waals surface area contributed by atoms with Crippen LogP contribution in [0.3, 0.4) is 0 Å². The van der Waals surface area contributed by atoms with Gasteiger partial charge >= 0.3 is 7.82 Å². The lowest BCUT2D eigenvalue weighted by molar-refractivity contribution is -0.318. The predicted molar refractivity (Wildman–Crippen MR) is 49.3 cm³/mol. The largest absolute Gasteiger partial charge is 0.538 e. The standard InChI is InChI=1S/C6H4BrN2O4P/c7-5-3-1-2-4-6(5)8-9-12-14(10,11-8)13-9/h1-4H. The Morgan fingerprint density at radius 1 is 1.21 bits per heavy atom. The molecule has 3 saturated heterocycles. The highest BCUT2D eigenvalue weighted by atomic mass is 79.9. The summed E-state index contributed by atoms with van der Waals surface area (Å²) in [7, 11) is -3.31. The molecule has 2 bridgehead atoms. The van der Waals surface area contributed by atoms with Crippen LogP contribution >= 0.6 is 23.8 Å². The molecule has 3 aliphatic heterocycles. The molecule has 1 aromatic rings. The van der Waals surface area contributed by atoms with E-state index in [0.29, 0.717) is 5.69 Å². The Labute approximate surface area is 87.5 Å². The van der Waals surface area contributed by atoms with Gasteiger partial charge in [-0.2, -0.15) is 0 Å². The monoisotopic (exact) mass is 278 g/mol.